The fraction of sp³-hybridized carbons (Fsp3) is 0.583. The third-order valence-corrected chi connectivity index (χ3v) is 2.34. The normalized spacial score (nSPS) is 19.3. The molecule has 0 aromatic heterocycles. The summed E-state index contributed by atoms with van der Waals surface area (Å²) in [6.45, 7) is 3.54. The van der Waals surface area contributed by atoms with E-state index in [2.05, 4.69) is 18.2 Å². The zero-order valence-corrected chi connectivity index (χ0v) is 9.40. The largest absolute Gasteiger partial charge is 0.461 e. The Morgan fingerprint density at radius 2 is 2.33 bits per heavy atom. The van der Waals surface area contributed by atoms with Gasteiger partial charge in [0.25, 0.3) is 0 Å². The topological polar surface area (TPSA) is 52.3 Å². The SMILES string of the molecule is CC(CC1=CC=CCC1)OC(=O)[C@H](C)N. The Hall–Kier alpha value is -1.09. The zero-order valence-electron chi connectivity index (χ0n) is 9.40. The number of allylic oxidation sites excluding steroid dienone is 3. The number of carbonyl (C=O) groups excluding carboxylic acids is 1. The molecule has 84 valence electrons. The predicted molar refractivity (Wildman–Crippen MR) is 60.3 cm³/mol. The summed E-state index contributed by atoms with van der Waals surface area (Å²) in [5.41, 5.74) is 6.75. The summed E-state index contributed by atoms with van der Waals surface area (Å²) >= 11 is 0. The van der Waals surface area contributed by atoms with Crippen LogP contribution in [0.15, 0.2) is 23.8 Å². The average molecular weight is 209 g/mol. The zero-order chi connectivity index (χ0) is 11.3. The number of hydrogen-bond acceptors (Lipinski definition) is 3. The molecule has 1 rings (SSSR count). The maximum Gasteiger partial charge on any atom is 0.322 e. The van der Waals surface area contributed by atoms with E-state index in [4.69, 9.17) is 10.5 Å². The second kappa shape index (κ2) is 5.71. The lowest BCUT2D eigenvalue weighted by atomic mass is 10.00. The predicted octanol–water partition coefficient (Wildman–Crippen LogP) is 1.93. The minimum Gasteiger partial charge on any atom is -0.461 e. The Bertz CT molecular complexity index is 279. The van der Waals surface area contributed by atoms with Crippen molar-refractivity contribution in [2.24, 2.45) is 5.73 Å². The van der Waals surface area contributed by atoms with Crippen LogP contribution in [0.2, 0.25) is 0 Å². The van der Waals surface area contributed by atoms with Crippen LogP contribution in [0.1, 0.15) is 33.1 Å². The van der Waals surface area contributed by atoms with Crippen molar-refractivity contribution in [2.45, 2.75) is 45.3 Å². The molecule has 0 saturated heterocycles. The van der Waals surface area contributed by atoms with Crippen LogP contribution in [-0.2, 0) is 9.53 Å². The molecule has 0 radical (unpaired) electrons. The summed E-state index contributed by atoms with van der Waals surface area (Å²) in [5.74, 6) is -0.325. The molecule has 3 nitrogen and oxygen atoms in total. The lowest BCUT2D eigenvalue weighted by molar-refractivity contribution is -0.149. The molecule has 1 aliphatic carbocycles. The summed E-state index contributed by atoms with van der Waals surface area (Å²) in [7, 11) is 0. The van der Waals surface area contributed by atoms with Crippen molar-refractivity contribution in [2.75, 3.05) is 0 Å². The van der Waals surface area contributed by atoms with Crippen molar-refractivity contribution in [3.8, 4) is 0 Å². The molecule has 2 atom stereocenters. The summed E-state index contributed by atoms with van der Waals surface area (Å²) in [6, 6.07) is -0.535. The molecular formula is C12H19NO2. The summed E-state index contributed by atoms with van der Waals surface area (Å²) in [4.78, 5) is 11.2. The highest BCUT2D eigenvalue weighted by Gasteiger charge is 2.14. The molecule has 0 aromatic carbocycles. The van der Waals surface area contributed by atoms with E-state index in [1.807, 2.05) is 6.92 Å². The smallest absolute Gasteiger partial charge is 0.322 e. The number of carbonyl (C=O) groups is 1. The Morgan fingerprint density at radius 1 is 1.60 bits per heavy atom. The molecule has 2 N–H and O–H groups in total. The number of ether oxygens (including phenoxy) is 1. The van der Waals surface area contributed by atoms with Crippen LogP contribution in [0.5, 0.6) is 0 Å². The van der Waals surface area contributed by atoms with Gasteiger partial charge in [0.15, 0.2) is 0 Å². The molecule has 0 heterocycles. The first kappa shape index (κ1) is 12.0. The van der Waals surface area contributed by atoms with Crippen molar-refractivity contribution in [3.05, 3.63) is 23.8 Å². The first-order chi connectivity index (χ1) is 7.09. The molecule has 0 amide bonds. The van der Waals surface area contributed by atoms with E-state index >= 15 is 0 Å². The van der Waals surface area contributed by atoms with Crippen LogP contribution in [0.4, 0.5) is 0 Å². The van der Waals surface area contributed by atoms with Gasteiger partial charge in [-0.2, -0.15) is 0 Å². The first-order valence-corrected chi connectivity index (χ1v) is 5.40. The maximum atomic E-state index is 11.2. The fourth-order valence-electron chi connectivity index (χ4n) is 1.54. The van der Waals surface area contributed by atoms with Crippen LogP contribution in [0, 0.1) is 0 Å². The van der Waals surface area contributed by atoms with Crippen LogP contribution >= 0.6 is 0 Å². The lowest BCUT2D eigenvalue weighted by Gasteiger charge is -2.17. The van der Waals surface area contributed by atoms with Gasteiger partial charge in [-0.3, -0.25) is 4.79 Å². The average Bonchev–Trinajstić information content (AvgIpc) is 2.18. The fourth-order valence-corrected chi connectivity index (χ4v) is 1.54. The second-order valence-electron chi connectivity index (χ2n) is 4.03. The summed E-state index contributed by atoms with van der Waals surface area (Å²) < 4.78 is 5.19. The molecule has 0 aromatic rings. The standard InChI is InChI=1S/C12H19NO2/c1-9(15-12(14)10(2)13)8-11-6-4-3-5-7-11/h3-4,6,9-10H,5,7-8,13H2,1-2H3/t9?,10-/m0/s1. The summed E-state index contributed by atoms with van der Waals surface area (Å²) in [6.07, 6.45) is 9.17. The van der Waals surface area contributed by atoms with E-state index in [1.54, 1.807) is 6.92 Å². The maximum absolute atomic E-state index is 11.2. The Balaban J connectivity index is 2.35. The monoisotopic (exact) mass is 209 g/mol. The van der Waals surface area contributed by atoms with Crippen LogP contribution < -0.4 is 5.73 Å². The number of hydrogen-bond donors (Lipinski definition) is 1. The van der Waals surface area contributed by atoms with E-state index in [9.17, 15) is 4.79 Å². The third kappa shape index (κ3) is 4.30. The number of esters is 1. The van der Waals surface area contributed by atoms with Gasteiger partial charge in [-0.05, 0) is 26.7 Å². The minimum absolute atomic E-state index is 0.0822. The van der Waals surface area contributed by atoms with Gasteiger partial charge in [-0.25, -0.2) is 0 Å². The molecular weight excluding hydrogens is 190 g/mol. The van der Waals surface area contributed by atoms with Crippen molar-refractivity contribution < 1.29 is 9.53 Å². The molecule has 0 fully saturated rings. The highest BCUT2D eigenvalue weighted by Crippen LogP contribution is 2.18. The molecule has 0 saturated carbocycles. The second-order valence-corrected chi connectivity index (χ2v) is 4.03. The van der Waals surface area contributed by atoms with E-state index in [1.165, 1.54) is 5.57 Å². The van der Waals surface area contributed by atoms with Crippen LogP contribution in [-0.4, -0.2) is 18.1 Å². The number of nitrogens with two attached hydrogens (primary N) is 1. The van der Waals surface area contributed by atoms with Gasteiger partial charge in [-0.15, -0.1) is 0 Å². The van der Waals surface area contributed by atoms with Gasteiger partial charge in [0.1, 0.15) is 12.1 Å². The highest BCUT2D eigenvalue weighted by atomic mass is 16.5. The van der Waals surface area contributed by atoms with Crippen molar-refractivity contribution >= 4 is 5.97 Å². The molecule has 0 aliphatic heterocycles. The van der Waals surface area contributed by atoms with E-state index in [0.717, 1.165) is 19.3 Å². The minimum atomic E-state index is -0.535. The molecule has 1 aliphatic rings. The van der Waals surface area contributed by atoms with Crippen molar-refractivity contribution in [1.82, 2.24) is 0 Å². The van der Waals surface area contributed by atoms with E-state index < -0.39 is 6.04 Å². The molecule has 15 heavy (non-hydrogen) atoms. The number of rotatable bonds is 4. The van der Waals surface area contributed by atoms with Crippen molar-refractivity contribution in [1.29, 1.82) is 0 Å². The van der Waals surface area contributed by atoms with Crippen molar-refractivity contribution in [3.63, 3.8) is 0 Å². The highest BCUT2D eigenvalue weighted by molar-refractivity contribution is 5.75. The van der Waals surface area contributed by atoms with Gasteiger partial charge in [0.2, 0.25) is 0 Å². The van der Waals surface area contributed by atoms with Crippen LogP contribution in [0.25, 0.3) is 0 Å². The lowest BCUT2D eigenvalue weighted by Crippen LogP contribution is -2.31. The van der Waals surface area contributed by atoms with Gasteiger partial charge >= 0.3 is 5.97 Å². The van der Waals surface area contributed by atoms with Gasteiger partial charge in [0, 0.05) is 6.42 Å². The third-order valence-electron chi connectivity index (χ3n) is 2.34. The van der Waals surface area contributed by atoms with Gasteiger partial charge in [-0.1, -0.05) is 23.8 Å². The summed E-state index contributed by atoms with van der Waals surface area (Å²) in [5, 5.41) is 0. The Morgan fingerprint density at radius 3 is 2.87 bits per heavy atom. The van der Waals surface area contributed by atoms with E-state index in [0.29, 0.717) is 0 Å². The van der Waals surface area contributed by atoms with Gasteiger partial charge in [0.05, 0.1) is 0 Å². The molecule has 0 spiro atoms. The molecule has 3 heteroatoms. The quantitative estimate of drug-likeness (QED) is 0.720. The molecule has 1 unspecified atom stereocenters. The first-order valence-electron chi connectivity index (χ1n) is 5.40. The Labute approximate surface area is 91.0 Å². The Kier molecular flexibility index (Phi) is 4.56. The van der Waals surface area contributed by atoms with E-state index in [-0.39, 0.29) is 12.1 Å². The van der Waals surface area contributed by atoms with Crippen LogP contribution in [0.3, 0.4) is 0 Å². The molecule has 0 bridgehead atoms. The van der Waals surface area contributed by atoms with Gasteiger partial charge < -0.3 is 10.5 Å².